The van der Waals surface area contributed by atoms with E-state index >= 15 is 0 Å². The monoisotopic (exact) mass is 429 g/mol. The maximum absolute atomic E-state index is 12.2. The summed E-state index contributed by atoms with van der Waals surface area (Å²) in [5.41, 5.74) is 1.75. The van der Waals surface area contributed by atoms with Crippen LogP contribution < -0.4 is 9.47 Å². The van der Waals surface area contributed by atoms with E-state index in [2.05, 4.69) is 27.8 Å². The Balaban J connectivity index is 1.89. The molecule has 1 aliphatic heterocycles. The van der Waals surface area contributed by atoms with Crippen molar-refractivity contribution >= 4 is 33.9 Å². The van der Waals surface area contributed by atoms with Crippen molar-refractivity contribution in [3.8, 4) is 11.5 Å². The molecule has 1 heterocycles. The van der Waals surface area contributed by atoms with Gasteiger partial charge >= 0.3 is 5.97 Å². The van der Waals surface area contributed by atoms with Crippen molar-refractivity contribution in [1.29, 1.82) is 0 Å². The predicted octanol–water partition coefficient (Wildman–Crippen LogP) is 4.98. The fraction of sp³-hybridized carbons (Fsp3) is 0.238. The van der Waals surface area contributed by atoms with E-state index in [9.17, 15) is 4.79 Å². The summed E-state index contributed by atoms with van der Waals surface area (Å²) in [7, 11) is 1.58. The van der Waals surface area contributed by atoms with Gasteiger partial charge in [0.25, 0.3) is 0 Å². The van der Waals surface area contributed by atoms with Gasteiger partial charge in [-0.3, -0.25) is 0 Å². The Kier molecular flexibility index (Phi) is 6.29. The molecule has 0 atom stereocenters. The number of esters is 1. The van der Waals surface area contributed by atoms with Crippen LogP contribution in [0.5, 0.6) is 11.5 Å². The summed E-state index contributed by atoms with van der Waals surface area (Å²) in [6, 6.07) is 13.0. The summed E-state index contributed by atoms with van der Waals surface area (Å²) in [4.78, 5) is 16.5. The zero-order valence-corrected chi connectivity index (χ0v) is 16.8. The minimum Gasteiger partial charge on any atom is -0.493 e. The Morgan fingerprint density at radius 1 is 1.22 bits per heavy atom. The fourth-order valence-electron chi connectivity index (χ4n) is 2.55. The first-order chi connectivity index (χ1) is 13.1. The average molecular weight is 430 g/mol. The maximum Gasteiger partial charge on any atom is 0.363 e. The second-order valence-corrected chi connectivity index (χ2v) is 6.79. The quantitative estimate of drug-likeness (QED) is 0.353. The molecule has 0 unspecified atom stereocenters. The molecule has 2 aromatic rings. The lowest BCUT2D eigenvalue weighted by Crippen LogP contribution is -2.05. The summed E-state index contributed by atoms with van der Waals surface area (Å²) in [6.07, 6.45) is 3.68. The Hall–Kier alpha value is -2.60. The highest BCUT2D eigenvalue weighted by molar-refractivity contribution is 9.10. The molecule has 0 N–H and O–H groups in total. The van der Waals surface area contributed by atoms with Crippen molar-refractivity contribution < 1.29 is 19.0 Å². The molecule has 2 aromatic carbocycles. The third-order valence-electron chi connectivity index (χ3n) is 3.94. The third kappa shape index (κ3) is 4.57. The molecule has 0 amide bonds. The molecule has 27 heavy (non-hydrogen) atoms. The van der Waals surface area contributed by atoms with E-state index in [4.69, 9.17) is 14.2 Å². The van der Waals surface area contributed by atoms with Crippen LogP contribution in [0.2, 0.25) is 0 Å². The molecule has 1 aliphatic rings. The zero-order valence-electron chi connectivity index (χ0n) is 15.2. The van der Waals surface area contributed by atoms with E-state index in [1.807, 2.05) is 42.5 Å². The number of aliphatic imine (C=N–C) groups is 1. The number of rotatable bonds is 7. The second kappa shape index (κ2) is 8.86. The largest absolute Gasteiger partial charge is 0.493 e. The molecule has 140 valence electrons. The van der Waals surface area contributed by atoms with Gasteiger partial charge in [-0.2, -0.15) is 0 Å². The van der Waals surface area contributed by atoms with Crippen LogP contribution >= 0.6 is 15.9 Å². The highest BCUT2D eigenvalue weighted by Gasteiger charge is 2.24. The topological polar surface area (TPSA) is 57.1 Å². The minimum atomic E-state index is -0.479. The van der Waals surface area contributed by atoms with Crippen LogP contribution in [0, 0.1) is 0 Å². The van der Waals surface area contributed by atoms with Gasteiger partial charge in [-0.25, -0.2) is 9.79 Å². The predicted molar refractivity (Wildman–Crippen MR) is 108 cm³/mol. The van der Waals surface area contributed by atoms with Gasteiger partial charge in [-0.05, 0) is 58.3 Å². The van der Waals surface area contributed by atoms with Crippen LogP contribution in [0.4, 0.5) is 0 Å². The van der Waals surface area contributed by atoms with E-state index in [1.54, 1.807) is 13.2 Å². The van der Waals surface area contributed by atoms with Crippen LogP contribution in [-0.2, 0) is 9.53 Å². The minimum absolute atomic E-state index is 0.238. The molecule has 0 spiro atoms. The summed E-state index contributed by atoms with van der Waals surface area (Å²) >= 11 is 3.52. The van der Waals surface area contributed by atoms with Crippen molar-refractivity contribution in [3.63, 3.8) is 0 Å². The molecule has 3 rings (SSSR count). The van der Waals surface area contributed by atoms with Crippen molar-refractivity contribution in [2.24, 2.45) is 4.99 Å². The Labute approximate surface area is 166 Å². The number of methoxy groups -OCH3 is 1. The summed E-state index contributed by atoms with van der Waals surface area (Å²) in [5.74, 6) is 1.06. The average Bonchev–Trinajstić information content (AvgIpc) is 3.04. The normalized spacial score (nSPS) is 14.9. The fourth-order valence-corrected chi connectivity index (χ4v) is 3.13. The van der Waals surface area contributed by atoms with E-state index < -0.39 is 5.97 Å². The number of unbranched alkanes of at least 4 members (excludes halogenated alkanes) is 1. The van der Waals surface area contributed by atoms with Gasteiger partial charge < -0.3 is 14.2 Å². The Bertz CT molecular complexity index is 891. The van der Waals surface area contributed by atoms with E-state index in [-0.39, 0.29) is 5.70 Å². The summed E-state index contributed by atoms with van der Waals surface area (Å²) in [6.45, 7) is 2.72. The van der Waals surface area contributed by atoms with Crippen LogP contribution in [0.1, 0.15) is 30.9 Å². The van der Waals surface area contributed by atoms with Crippen LogP contribution in [0.15, 0.2) is 57.6 Å². The lowest BCUT2D eigenvalue weighted by Gasteiger charge is -2.13. The summed E-state index contributed by atoms with van der Waals surface area (Å²) in [5, 5.41) is 0. The molecule has 0 fully saturated rings. The van der Waals surface area contributed by atoms with Gasteiger partial charge in [0, 0.05) is 5.56 Å². The number of halogens is 1. The number of benzene rings is 2. The van der Waals surface area contributed by atoms with Crippen molar-refractivity contribution in [1.82, 2.24) is 0 Å². The lowest BCUT2D eigenvalue weighted by molar-refractivity contribution is -0.129. The highest BCUT2D eigenvalue weighted by atomic mass is 79.9. The van der Waals surface area contributed by atoms with Gasteiger partial charge in [-0.1, -0.05) is 31.5 Å². The van der Waals surface area contributed by atoms with E-state index in [0.29, 0.717) is 24.0 Å². The smallest absolute Gasteiger partial charge is 0.363 e. The van der Waals surface area contributed by atoms with Gasteiger partial charge in [0.05, 0.1) is 18.2 Å². The van der Waals surface area contributed by atoms with Gasteiger partial charge in [0.15, 0.2) is 17.2 Å². The van der Waals surface area contributed by atoms with Crippen LogP contribution in [-0.4, -0.2) is 25.6 Å². The first-order valence-corrected chi connectivity index (χ1v) is 9.50. The molecule has 0 saturated carbocycles. The SMILES string of the molecule is CCCCOc1c(Br)cc(/C=C2\N=C(c3ccccc3)OC2=O)cc1OC. The van der Waals surface area contributed by atoms with Crippen molar-refractivity contribution in [2.75, 3.05) is 13.7 Å². The number of hydrogen-bond donors (Lipinski definition) is 0. The number of carbonyl (C=O) groups excluding carboxylic acids is 1. The molecule has 0 saturated heterocycles. The number of ether oxygens (including phenoxy) is 3. The van der Waals surface area contributed by atoms with E-state index in [0.717, 1.165) is 28.4 Å². The van der Waals surface area contributed by atoms with E-state index in [1.165, 1.54) is 0 Å². The second-order valence-electron chi connectivity index (χ2n) is 5.94. The molecule has 5 nitrogen and oxygen atoms in total. The third-order valence-corrected chi connectivity index (χ3v) is 4.53. The summed E-state index contributed by atoms with van der Waals surface area (Å²) < 4.78 is 17.3. The number of hydrogen-bond acceptors (Lipinski definition) is 5. The van der Waals surface area contributed by atoms with Crippen LogP contribution in [0.3, 0.4) is 0 Å². The first-order valence-electron chi connectivity index (χ1n) is 8.70. The standard InChI is InChI=1S/C21H20BrNO4/c1-3-4-10-26-19-16(22)11-14(13-18(19)25-2)12-17-21(24)27-20(23-17)15-8-6-5-7-9-15/h5-9,11-13H,3-4,10H2,1-2H3/b17-12-. The zero-order chi connectivity index (χ0) is 19.2. The number of carbonyl (C=O) groups is 1. The molecule has 0 radical (unpaired) electrons. The Morgan fingerprint density at radius 3 is 2.70 bits per heavy atom. The van der Waals surface area contributed by atoms with Gasteiger partial charge in [0.2, 0.25) is 5.90 Å². The molecule has 0 aliphatic carbocycles. The number of nitrogens with zero attached hydrogens (tertiary/aromatic N) is 1. The van der Waals surface area contributed by atoms with Gasteiger partial charge in [0.1, 0.15) is 0 Å². The molecular formula is C21H20BrNO4. The molecule has 0 aromatic heterocycles. The highest BCUT2D eigenvalue weighted by Crippen LogP contribution is 2.37. The van der Waals surface area contributed by atoms with Crippen LogP contribution in [0.25, 0.3) is 6.08 Å². The number of cyclic esters (lactones) is 1. The Morgan fingerprint density at radius 2 is 2.00 bits per heavy atom. The molecule has 6 heteroatoms. The van der Waals surface area contributed by atoms with Crippen molar-refractivity contribution in [2.45, 2.75) is 19.8 Å². The van der Waals surface area contributed by atoms with Gasteiger partial charge in [-0.15, -0.1) is 0 Å². The molecule has 0 bridgehead atoms. The van der Waals surface area contributed by atoms with Crippen molar-refractivity contribution in [3.05, 3.63) is 63.8 Å². The first kappa shape index (κ1) is 19.2. The molecular weight excluding hydrogens is 410 g/mol. The maximum atomic E-state index is 12.2. The lowest BCUT2D eigenvalue weighted by atomic mass is 10.1.